The zero-order valence-corrected chi connectivity index (χ0v) is 13.6. The van der Waals surface area contributed by atoms with Gasteiger partial charge in [0.25, 0.3) is 0 Å². The lowest BCUT2D eigenvalue weighted by molar-refractivity contribution is -0.125. The van der Waals surface area contributed by atoms with E-state index in [1.807, 2.05) is 42.6 Å². The van der Waals surface area contributed by atoms with Gasteiger partial charge in [-0.1, -0.05) is 30.3 Å². The average molecular weight is 338 g/mol. The number of carbonyl (C=O) groups excluding carboxylic acids is 2. The minimum Gasteiger partial charge on any atom is -0.427 e. The van der Waals surface area contributed by atoms with Gasteiger partial charge in [0, 0.05) is 24.9 Å². The van der Waals surface area contributed by atoms with Crippen LogP contribution in [0.4, 0.5) is 4.79 Å². The summed E-state index contributed by atoms with van der Waals surface area (Å²) in [6.45, 7) is 0.471. The summed E-state index contributed by atoms with van der Waals surface area (Å²) in [7, 11) is 0. The van der Waals surface area contributed by atoms with Crippen LogP contribution in [0.25, 0.3) is 11.1 Å². The van der Waals surface area contributed by atoms with E-state index in [2.05, 4.69) is 10.3 Å². The van der Waals surface area contributed by atoms with E-state index in [9.17, 15) is 9.59 Å². The number of hydrogen-bond acceptors (Lipinski definition) is 5. The molecule has 0 radical (unpaired) electrons. The van der Waals surface area contributed by atoms with E-state index in [-0.39, 0.29) is 24.0 Å². The van der Waals surface area contributed by atoms with Crippen LogP contribution in [0.1, 0.15) is 18.4 Å². The molecule has 6 heteroatoms. The van der Waals surface area contributed by atoms with Crippen molar-refractivity contribution in [1.29, 1.82) is 0 Å². The Morgan fingerprint density at radius 3 is 2.44 bits per heavy atom. The smallest absolute Gasteiger partial charge is 0.427 e. The van der Waals surface area contributed by atoms with Crippen LogP contribution in [0.15, 0.2) is 48.8 Å². The van der Waals surface area contributed by atoms with Crippen molar-refractivity contribution in [3.05, 3.63) is 54.4 Å². The van der Waals surface area contributed by atoms with Crippen molar-refractivity contribution in [3.8, 4) is 11.1 Å². The third kappa shape index (κ3) is 3.33. The Hall–Kier alpha value is -2.89. The SMILES string of the molecule is O=C1O[C@H]2CC(C(=O)NCc3ccc(-c4cccnc4)cc3)C[C@H]2O1. The van der Waals surface area contributed by atoms with Crippen molar-refractivity contribution in [2.75, 3.05) is 0 Å². The Kier molecular flexibility index (Phi) is 4.09. The van der Waals surface area contributed by atoms with E-state index in [0.717, 1.165) is 16.7 Å². The van der Waals surface area contributed by atoms with Gasteiger partial charge in [0.05, 0.1) is 0 Å². The second-order valence-corrected chi connectivity index (χ2v) is 6.39. The molecule has 1 aliphatic carbocycles. The zero-order chi connectivity index (χ0) is 17.2. The largest absolute Gasteiger partial charge is 0.509 e. The van der Waals surface area contributed by atoms with Crippen LogP contribution in [0.3, 0.4) is 0 Å². The van der Waals surface area contributed by atoms with Gasteiger partial charge >= 0.3 is 6.16 Å². The number of nitrogens with zero attached hydrogens (tertiary/aromatic N) is 1. The summed E-state index contributed by atoms with van der Waals surface area (Å²) < 4.78 is 10.1. The molecular formula is C19H18N2O4. The molecule has 0 bridgehead atoms. The lowest BCUT2D eigenvalue weighted by atomic mass is 10.0. The highest BCUT2D eigenvalue weighted by Crippen LogP contribution is 2.35. The molecule has 1 aromatic heterocycles. The summed E-state index contributed by atoms with van der Waals surface area (Å²) >= 11 is 0. The van der Waals surface area contributed by atoms with Crippen LogP contribution < -0.4 is 5.32 Å². The van der Waals surface area contributed by atoms with Crippen molar-refractivity contribution in [2.24, 2.45) is 5.92 Å². The molecule has 1 saturated heterocycles. The molecule has 2 fully saturated rings. The minimum atomic E-state index is -0.623. The fraction of sp³-hybridized carbons (Fsp3) is 0.316. The standard InChI is InChI=1S/C19H18N2O4/c22-18(15-8-16-17(9-15)25-19(23)24-16)21-10-12-3-5-13(6-4-12)14-2-1-7-20-11-14/h1-7,11,15-17H,8-10H2,(H,21,22)/t15?,16-,17+. The maximum Gasteiger partial charge on any atom is 0.509 e. The quantitative estimate of drug-likeness (QED) is 0.867. The number of rotatable bonds is 4. The van der Waals surface area contributed by atoms with Crippen LogP contribution in [-0.4, -0.2) is 29.3 Å². The molecule has 1 aromatic carbocycles. The van der Waals surface area contributed by atoms with Gasteiger partial charge in [0.2, 0.25) is 5.91 Å². The lowest BCUT2D eigenvalue weighted by Crippen LogP contribution is -2.29. The van der Waals surface area contributed by atoms with Gasteiger partial charge in [-0.3, -0.25) is 9.78 Å². The van der Waals surface area contributed by atoms with Crippen molar-refractivity contribution in [2.45, 2.75) is 31.6 Å². The number of aromatic nitrogens is 1. The predicted octanol–water partition coefficient (Wildman–Crippen LogP) is 2.68. The normalized spacial score (nSPS) is 24.3. The Labute approximate surface area is 145 Å². The molecule has 2 aromatic rings. The Morgan fingerprint density at radius 1 is 1.08 bits per heavy atom. The molecule has 128 valence electrons. The topological polar surface area (TPSA) is 77.5 Å². The van der Waals surface area contributed by atoms with Gasteiger partial charge in [-0.15, -0.1) is 0 Å². The molecule has 6 nitrogen and oxygen atoms in total. The molecule has 2 heterocycles. The second kappa shape index (κ2) is 6.55. The minimum absolute atomic E-state index is 0.0228. The molecule has 2 aliphatic rings. The van der Waals surface area contributed by atoms with Crippen molar-refractivity contribution < 1.29 is 19.1 Å². The van der Waals surface area contributed by atoms with E-state index >= 15 is 0 Å². The van der Waals surface area contributed by atoms with Crippen molar-refractivity contribution >= 4 is 12.1 Å². The van der Waals surface area contributed by atoms with Crippen LogP contribution in [-0.2, 0) is 20.8 Å². The third-order valence-electron chi connectivity index (χ3n) is 4.73. The van der Waals surface area contributed by atoms with E-state index in [4.69, 9.17) is 9.47 Å². The molecule has 3 atom stereocenters. The first-order valence-corrected chi connectivity index (χ1v) is 8.33. The molecule has 0 spiro atoms. The van der Waals surface area contributed by atoms with Gasteiger partial charge in [-0.05, 0) is 35.6 Å². The Bertz CT molecular complexity index is 760. The fourth-order valence-corrected chi connectivity index (χ4v) is 3.38. The van der Waals surface area contributed by atoms with E-state index in [1.54, 1.807) is 6.20 Å². The van der Waals surface area contributed by atoms with Gasteiger partial charge in [0.15, 0.2) is 0 Å². The monoisotopic (exact) mass is 338 g/mol. The number of ether oxygens (including phenoxy) is 2. The highest BCUT2D eigenvalue weighted by atomic mass is 16.8. The van der Waals surface area contributed by atoms with Crippen molar-refractivity contribution in [1.82, 2.24) is 10.3 Å². The van der Waals surface area contributed by atoms with E-state index in [1.165, 1.54) is 0 Å². The highest BCUT2D eigenvalue weighted by molar-refractivity contribution is 5.79. The molecule has 25 heavy (non-hydrogen) atoms. The number of nitrogens with one attached hydrogen (secondary N) is 1. The summed E-state index contributed by atoms with van der Waals surface area (Å²) in [4.78, 5) is 27.4. The number of amides is 1. The molecule has 1 unspecified atom stereocenters. The zero-order valence-electron chi connectivity index (χ0n) is 13.6. The van der Waals surface area contributed by atoms with E-state index in [0.29, 0.717) is 19.4 Å². The van der Waals surface area contributed by atoms with Gasteiger partial charge < -0.3 is 14.8 Å². The average Bonchev–Trinajstić information content (AvgIpc) is 3.18. The maximum absolute atomic E-state index is 12.3. The first-order valence-electron chi connectivity index (χ1n) is 8.33. The third-order valence-corrected chi connectivity index (χ3v) is 4.73. The Morgan fingerprint density at radius 2 is 1.80 bits per heavy atom. The molecule has 1 N–H and O–H groups in total. The number of fused-ring (bicyclic) bond motifs is 1. The summed E-state index contributed by atoms with van der Waals surface area (Å²) in [6, 6.07) is 11.9. The van der Waals surface area contributed by atoms with E-state index < -0.39 is 6.16 Å². The molecule has 1 amide bonds. The summed E-state index contributed by atoms with van der Waals surface area (Å²) in [5.74, 6) is -0.192. The number of pyridine rings is 1. The summed E-state index contributed by atoms with van der Waals surface area (Å²) in [5.41, 5.74) is 3.18. The predicted molar refractivity (Wildman–Crippen MR) is 89.4 cm³/mol. The first kappa shape index (κ1) is 15.6. The fourth-order valence-electron chi connectivity index (χ4n) is 3.38. The second-order valence-electron chi connectivity index (χ2n) is 6.39. The van der Waals surface area contributed by atoms with Crippen LogP contribution >= 0.6 is 0 Å². The lowest BCUT2D eigenvalue weighted by Gasteiger charge is -2.12. The molecule has 4 rings (SSSR count). The Balaban J connectivity index is 1.31. The van der Waals surface area contributed by atoms with Crippen molar-refractivity contribution in [3.63, 3.8) is 0 Å². The highest BCUT2D eigenvalue weighted by Gasteiger charge is 2.47. The summed E-state index contributed by atoms with van der Waals surface area (Å²) in [5, 5.41) is 2.95. The van der Waals surface area contributed by atoms with Crippen LogP contribution in [0, 0.1) is 5.92 Å². The maximum atomic E-state index is 12.3. The molecule has 1 saturated carbocycles. The van der Waals surface area contributed by atoms with Crippen LogP contribution in [0.5, 0.6) is 0 Å². The number of benzene rings is 1. The van der Waals surface area contributed by atoms with Gasteiger partial charge in [0.1, 0.15) is 12.2 Å². The number of carbonyl (C=O) groups is 2. The molecular weight excluding hydrogens is 320 g/mol. The summed E-state index contributed by atoms with van der Waals surface area (Å²) in [6.07, 6.45) is 3.45. The van der Waals surface area contributed by atoms with Gasteiger partial charge in [-0.25, -0.2) is 4.79 Å². The number of hydrogen-bond donors (Lipinski definition) is 1. The van der Waals surface area contributed by atoms with Crippen LogP contribution in [0.2, 0.25) is 0 Å². The van der Waals surface area contributed by atoms with Gasteiger partial charge in [-0.2, -0.15) is 0 Å². The first-order chi connectivity index (χ1) is 12.2. The molecule has 1 aliphatic heterocycles.